The third-order valence-electron chi connectivity index (χ3n) is 8.53. The van der Waals surface area contributed by atoms with E-state index in [2.05, 4.69) is 30.5 Å². The highest BCUT2D eigenvalue weighted by molar-refractivity contribution is 7.87. The molecular formula is C31H39N5O6S2. The van der Waals surface area contributed by atoms with Crippen LogP contribution in [0.1, 0.15) is 50.3 Å². The lowest BCUT2D eigenvalue weighted by molar-refractivity contribution is -0.130. The lowest BCUT2D eigenvalue weighted by Gasteiger charge is -2.20. The Morgan fingerprint density at radius 2 is 2.02 bits per heavy atom. The predicted molar refractivity (Wildman–Crippen MR) is 170 cm³/mol. The number of aromatic nitrogens is 2. The number of benzene rings is 1. The van der Waals surface area contributed by atoms with Gasteiger partial charge in [-0.1, -0.05) is 19.9 Å². The quantitative estimate of drug-likeness (QED) is 0.281. The maximum Gasteiger partial charge on any atom is 0.303 e. The molecule has 13 heteroatoms. The number of amides is 1. The minimum atomic E-state index is -3.99. The normalized spacial score (nSPS) is 23.2. The summed E-state index contributed by atoms with van der Waals surface area (Å²) in [6, 6.07) is 5.17. The van der Waals surface area contributed by atoms with E-state index in [0.717, 1.165) is 37.2 Å². The van der Waals surface area contributed by atoms with Crippen LogP contribution in [0.3, 0.4) is 0 Å². The van der Waals surface area contributed by atoms with Crippen LogP contribution in [0, 0.1) is 18.3 Å². The standard InChI is InChI=1S/C31H39N5O6S2/c1-8-19-13-31(19,30(38)35-44(39,40)36(5)6)14-25(37)22-11-20(15-32-22)42-27-12-23(29-34-24(16-43-29)17(2)3)33-28-18(4)26(41-7)10-9-21(27)28/h8-10,12,16-17,19-20,22,32H,1,11,13-15H2,2-7H3,(H,35,38)/t19-,20-,22+,31-/m1/s1. The number of nitrogens with one attached hydrogen (secondary N) is 2. The van der Waals surface area contributed by atoms with Gasteiger partial charge in [0.15, 0.2) is 5.78 Å². The van der Waals surface area contributed by atoms with Crippen molar-refractivity contribution in [3.63, 3.8) is 0 Å². The molecule has 1 aliphatic carbocycles. The maximum absolute atomic E-state index is 13.5. The Hall–Kier alpha value is -3.39. The Labute approximate surface area is 262 Å². The van der Waals surface area contributed by atoms with Crippen LogP contribution in [0.15, 0.2) is 36.2 Å². The van der Waals surface area contributed by atoms with E-state index in [4.69, 9.17) is 19.4 Å². The summed E-state index contributed by atoms with van der Waals surface area (Å²) in [7, 11) is 0.306. The van der Waals surface area contributed by atoms with Gasteiger partial charge in [0.25, 0.3) is 0 Å². The van der Waals surface area contributed by atoms with Gasteiger partial charge in [0.1, 0.15) is 28.3 Å². The number of pyridine rings is 1. The Bertz CT molecular complexity index is 1720. The van der Waals surface area contributed by atoms with E-state index in [1.807, 2.05) is 30.5 Å². The highest BCUT2D eigenvalue weighted by Crippen LogP contribution is 2.56. The van der Waals surface area contributed by atoms with Crippen molar-refractivity contribution in [2.24, 2.45) is 11.3 Å². The number of hydrogen-bond acceptors (Lipinski definition) is 10. The third kappa shape index (κ3) is 6.10. The summed E-state index contributed by atoms with van der Waals surface area (Å²) in [6.45, 7) is 10.4. The van der Waals surface area contributed by atoms with Gasteiger partial charge in [-0.2, -0.15) is 12.7 Å². The molecule has 1 aromatic carbocycles. The van der Waals surface area contributed by atoms with E-state index in [-0.39, 0.29) is 30.1 Å². The highest BCUT2D eigenvalue weighted by atomic mass is 32.2. The minimum absolute atomic E-state index is 0.0909. The number of ether oxygens (including phenoxy) is 2. The van der Waals surface area contributed by atoms with Crippen molar-refractivity contribution in [2.75, 3.05) is 27.7 Å². The fourth-order valence-corrected chi connectivity index (χ4v) is 7.19. The summed E-state index contributed by atoms with van der Waals surface area (Å²) in [5.74, 6) is 0.522. The first-order valence-corrected chi connectivity index (χ1v) is 16.9. The largest absolute Gasteiger partial charge is 0.496 e. The van der Waals surface area contributed by atoms with Gasteiger partial charge in [-0.05, 0) is 37.3 Å². The molecule has 2 fully saturated rings. The first kappa shape index (κ1) is 32.0. The molecule has 0 unspecified atom stereocenters. The zero-order chi connectivity index (χ0) is 32.0. The number of nitrogens with zero attached hydrogens (tertiary/aromatic N) is 3. The van der Waals surface area contributed by atoms with Crippen LogP contribution in [0.4, 0.5) is 0 Å². The van der Waals surface area contributed by atoms with Gasteiger partial charge in [-0.3, -0.25) is 9.59 Å². The molecule has 3 aromatic rings. The first-order valence-electron chi connectivity index (χ1n) is 14.5. The van der Waals surface area contributed by atoms with Crippen LogP contribution >= 0.6 is 11.3 Å². The van der Waals surface area contributed by atoms with Crippen molar-refractivity contribution >= 4 is 44.1 Å². The van der Waals surface area contributed by atoms with Crippen molar-refractivity contribution in [3.05, 3.63) is 47.5 Å². The molecule has 5 rings (SSSR count). The summed E-state index contributed by atoms with van der Waals surface area (Å²) >= 11 is 1.53. The lowest BCUT2D eigenvalue weighted by atomic mass is 9.92. The molecule has 0 spiro atoms. The van der Waals surface area contributed by atoms with Gasteiger partial charge in [-0.25, -0.2) is 14.7 Å². The number of Topliss-reactive ketones (excluding diaryl/α,β-unsaturated/α-hetero) is 1. The molecule has 3 heterocycles. The number of rotatable bonds is 12. The van der Waals surface area contributed by atoms with E-state index in [0.29, 0.717) is 30.8 Å². The van der Waals surface area contributed by atoms with Crippen LogP contribution in [-0.2, 0) is 19.8 Å². The molecule has 236 valence electrons. The van der Waals surface area contributed by atoms with Crippen molar-refractivity contribution in [1.82, 2.24) is 24.3 Å². The molecule has 1 aliphatic heterocycles. The van der Waals surface area contributed by atoms with Gasteiger partial charge in [-0.15, -0.1) is 17.9 Å². The van der Waals surface area contributed by atoms with Crippen LogP contribution in [0.5, 0.6) is 11.5 Å². The number of fused-ring (bicyclic) bond motifs is 1. The van der Waals surface area contributed by atoms with E-state index in [1.54, 1.807) is 13.2 Å². The summed E-state index contributed by atoms with van der Waals surface area (Å²) in [5, 5.41) is 6.91. The van der Waals surface area contributed by atoms with Crippen LogP contribution in [0.2, 0.25) is 0 Å². The summed E-state index contributed by atoms with van der Waals surface area (Å²) in [5.41, 5.74) is 2.21. The second kappa shape index (κ2) is 12.2. The number of carbonyl (C=O) groups is 2. The molecule has 4 atom stereocenters. The fraction of sp³-hybridized carbons (Fsp3) is 0.484. The molecule has 11 nitrogen and oxygen atoms in total. The van der Waals surface area contributed by atoms with Gasteiger partial charge in [0.2, 0.25) is 5.91 Å². The lowest BCUT2D eigenvalue weighted by Crippen LogP contribution is -2.45. The third-order valence-corrected chi connectivity index (χ3v) is 10.8. The SMILES string of the molecule is C=C[C@@H]1C[C@]1(CC(=O)[C@@H]1C[C@@H](Oc2cc(-c3nc(C(C)C)cs3)nc3c(C)c(OC)ccc23)CN1)C(=O)NS(=O)(=O)N(C)C. The molecule has 0 bridgehead atoms. The second-order valence-corrected chi connectivity index (χ2v) is 14.8. The average Bonchev–Trinajstić information content (AvgIpc) is 3.28. The zero-order valence-electron chi connectivity index (χ0n) is 25.8. The van der Waals surface area contributed by atoms with Crippen molar-refractivity contribution in [2.45, 2.75) is 58.1 Å². The first-order chi connectivity index (χ1) is 20.8. The average molecular weight is 642 g/mol. The summed E-state index contributed by atoms with van der Waals surface area (Å²) in [4.78, 5) is 36.3. The topological polar surface area (TPSA) is 140 Å². The molecule has 2 aromatic heterocycles. The predicted octanol–water partition coefficient (Wildman–Crippen LogP) is 3.98. The molecule has 1 saturated heterocycles. The van der Waals surface area contributed by atoms with Gasteiger partial charge in [0.05, 0.1) is 29.8 Å². The number of carbonyl (C=O) groups excluding carboxylic acids is 2. The molecule has 0 radical (unpaired) electrons. The number of allylic oxidation sites excluding steroid dienone is 1. The molecule has 2 N–H and O–H groups in total. The highest BCUT2D eigenvalue weighted by Gasteiger charge is 2.60. The monoisotopic (exact) mass is 641 g/mol. The van der Waals surface area contributed by atoms with E-state index in [9.17, 15) is 18.0 Å². The molecule has 2 aliphatic rings. The van der Waals surface area contributed by atoms with Gasteiger partial charge >= 0.3 is 10.2 Å². The number of thiazole rings is 1. The van der Waals surface area contributed by atoms with Crippen LogP contribution in [0.25, 0.3) is 21.6 Å². The van der Waals surface area contributed by atoms with E-state index < -0.39 is 27.6 Å². The minimum Gasteiger partial charge on any atom is -0.496 e. The van der Waals surface area contributed by atoms with Crippen LogP contribution < -0.4 is 19.5 Å². The van der Waals surface area contributed by atoms with Gasteiger partial charge < -0.3 is 14.8 Å². The maximum atomic E-state index is 13.5. The smallest absolute Gasteiger partial charge is 0.303 e. The number of aryl methyl sites for hydroxylation is 1. The van der Waals surface area contributed by atoms with Crippen molar-refractivity contribution < 1.29 is 27.5 Å². The van der Waals surface area contributed by atoms with E-state index >= 15 is 0 Å². The Morgan fingerprint density at radius 1 is 1.27 bits per heavy atom. The molecule has 1 amide bonds. The van der Waals surface area contributed by atoms with Crippen molar-refractivity contribution in [1.29, 1.82) is 0 Å². The molecule has 1 saturated carbocycles. The zero-order valence-corrected chi connectivity index (χ0v) is 27.5. The summed E-state index contributed by atoms with van der Waals surface area (Å²) in [6.07, 6.45) is 1.97. The summed E-state index contributed by atoms with van der Waals surface area (Å²) < 4.78 is 39.7. The molecule has 44 heavy (non-hydrogen) atoms. The van der Waals surface area contributed by atoms with E-state index in [1.165, 1.54) is 25.4 Å². The van der Waals surface area contributed by atoms with Crippen molar-refractivity contribution in [3.8, 4) is 22.2 Å². The van der Waals surface area contributed by atoms with Crippen LogP contribution in [-0.4, -0.2) is 74.3 Å². The number of ketones is 1. The fourth-order valence-electron chi connectivity index (χ4n) is 5.63. The Kier molecular flexibility index (Phi) is 8.87. The Morgan fingerprint density at radius 3 is 2.64 bits per heavy atom. The molecular weight excluding hydrogens is 603 g/mol. The van der Waals surface area contributed by atoms with Gasteiger partial charge in [0, 0.05) is 55.9 Å². The Balaban J connectivity index is 1.36. The number of methoxy groups -OCH3 is 1. The number of hydrogen-bond donors (Lipinski definition) is 2. The second-order valence-electron chi connectivity index (χ2n) is 12.0.